The molecular weight excluding hydrogens is 177 g/mol. The molecule has 1 fully saturated rings. The van der Waals surface area contributed by atoms with Gasteiger partial charge in [-0.2, -0.15) is 0 Å². The fourth-order valence-electron chi connectivity index (χ4n) is 1.96. The lowest BCUT2D eigenvalue weighted by Gasteiger charge is -2.00. The molecule has 0 aromatic heterocycles. The van der Waals surface area contributed by atoms with Crippen molar-refractivity contribution in [3.8, 4) is 0 Å². The van der Waals surface area contributed by atoms with Crippen LogP contribution in [0.15, 0.2) is 24.3 Å². The molecule has 0 saturated heterocycles. The molecule has 1 aliphatic rings. The third-order valence-electron chi connectivity index (χ3n) is 3.09. The van der Waals surface area contributed by atoms with Crippen molar-refractivity contribution in [1.29, 1.82) is 0 Å². The molecule has 0 radical (unpaired) electrons. The summed E-state index contributed by atoms with van der Waals surface area (Å²) < 4.78 is 12.6. The van der Waals surface area contributed by atoms with E-state index in [-0.39, 0.29) is 5.82 Å². The van der Waals surface area contributed by atoms with Crippen LogP contribution in [0.2, 0.25) is 0 Å². The van der Waals surface area contributed by atoms with Crippen LogP contribution in [-0.4, -0.2) is 6.54 Å². The van der Waals surface area contributed by atoms with Crippen molar-refractivity contribution in [1.82, 2.24) is 0 Å². The van der Waals surface area contributed by atoms with E-state index in [9.17, 15) is 4.39 Å². The Morgan fingerprint density at radius 3 is 2.50 bits per heavy atom. The van der Waals surface area contributed by atoms with Gasteiger partial charge in [0, 0.05) is 0 Å². The molecule has 0 bridgehead atoms. The first kappa shape index (κ1) is 9.66. The van der Waals surface area contributed by atoms with Crippen molar-refractivity contribution in [3.05, 3.63) is 35.6 Å². The minimum atomic E-state index is -0.153. The van der Waals surface area contributed by atoms with E-state index in [0.29, 0.717) is 0 Å². The van der Waals surface area contributed by atoms with Gasteiger partial charge >= 0.3 is 0 Å². The molecule has 2 rings (SSSR count). The molecule has 0 unspecified atom stereocenters. The molecule has 1 aromatic carbocycles. The second-order valence-electron chi connectivity index (χ2n) is 4.16. The Morgan fingerprint density at radius 2 is 1.93 bits per heavy atom. The lowest BCUT2D eigenvalue weighted by Crippen LogP contribution is -2.02. The average Bonchev–Trinajstić information content (AvgIpc) is 2.96. The van der Waals surface area contributed by atoms with E-state index in [1.165, 1.54) is 30.5 Å². The van der Waals surface area contributed by atoms with Crippen molar-refractivity contribution < 1.29 is 4.39 Å². The molecule has 0 spiro atoms. The minimum Gasteiger partial charge on any atom is -0.330 e. The molecule has 2 atom stereocenters. The summed E-state index contributed by atoms with van der Waals surface area (Å²) in [6.45, 7) is 0.827. The third kappa shape index (κ3) is 2.32. The summed E-state index contributed by atoms with van der Waals surface area (Å²) in [6.07, 6.45) is 3.55. The molecule has 1 nitrogen and oxygen atoms in total. The van der Waals surface area contributed by atoms with E-state index in [1.54, 1.807) is 0 Å². The van der Waals surface area contributed by atoms with E-state index < -0.39 is 0 Å². The smallest absolute Gasteiger partial charge is 0.123 e. The normalized spacial score (nSPS) is 25.0. The second-order valence-corrected chi connectivity index (χ2v) is 4.16. The number of nitrogens with two attached hydrogens (primary N) is 1. The topological polar surface area (TPSA) is 26.0 Å². The van der Waals surface area contributed by atoms with Crippen molar-refractivity contribution >= 4 is 0 Å². The maximum Gasteiger partial charge on any atom is 0.123 e. The molecule has 14 heavy (non-hydrogen) atoms. The van der Waals surface area contributed by atoms with Crippen LogP contribution in [0.4, 0.5) is 4.39 Å². The largest absolute Gasteiger partial charge is 0.330 e. The fraction of sp³-hybridized carbons (Fsp3) is 0.500. The minimum absolute atomic E-state index is 0.153. The summed E-state index contributed by atoms with van der Waals surface area (Å²) in [5.74, 6) is 1.43. The van der Waals surface area contributed by atoms with Crippen molar-refractivity contribution in [2.45, 2.75) is 19.3 Å². The maximum atomic E-state index is 12.6. The van der Waals surface area contributed by atoms with Gasteiger partial charge < -0.3 is 5.73 Å². The highest BCUT2D eigenvalue weighted by molar-refractivity contribution is 5.16. The molecule has 0 amide bonds. The van der Waals surface area contributed by atoms with Crippen LogP contribution < -0.4 is 5.73 Å². The van der Waals surface area contributed by atoms with Crippen LogP contribution in [0.1, 0.15) is 18.4 Å². The monoisotopic (exact) mass is 193 g/mol. The van der Waals surface area contributed by atoms with Crippen LogP contribution in [-0.2, 0) is 6.42 Å². The van der Waals surface area contributed by atoms with E-state index >= 15 is 0 Å². The first-order valence-corrected chi connectivity index (χ1v) is 5.24. The molecule has 2 N–H and O–H groups in total. The van der Waals surface area contributed by atoms with Gasteiger partial charge in [0.05, 0.1) is 0 Å². The molecule has 1 saturated carbocycles. The number of hydrogen-bond acceptors (Lipinski definition) is 1. The predicted molar refractivity (Wildman–Crippen MR) is 55.4 cm³/mol. The average molecular weight is 193 g/mol. The van der Waals surface area contributed by atoms with Gasteiger partial charge in [-0.15, -0.1) is 0 Å². The number of aryl methyl sites for hydroxylation is 1. The van der Waals surface area contributed by atoms with Gasteiger partial charge in [0.15, 0.2) is 0 Å². The van der Waals surface area contributed by atoms with Crippen LogP contribution in [0.5, 0.6) is 0 Å². The molecule has 1 aromatic rings. The second kappa shape index (κ2) is 4.09. The Bertz CT molecular complexity index is 294. The van der Waals surface area contributed by atoms with Crippen LogP contribution in [0, 0.1) is 17.7 Å². The Hall–Kier alpha value is -0.890. The van der Waals surface area contributed by atoms with Gasteiger partial charge in [0.25, 0.3) is 0 Å². The van der Waals surface area contributed by atoms with Gasteiger partial charge in [0.2, 0.25) is 0 Å². The summed E-state index contributed by atoms with van der Waals surface area (Å²) in [4.78, 5) is 0. The predicted octanol–water partition coefficient (Wildman–Crippen LogP) is 2.35. The highest BCUT2D eigenvalue weighted by atomic mass is 19.1. The molecule has 2 heteroatoms. The molecule has 0 aliphatic heterocycles. The van der Waals surface area contributed by atoms with Crippen LogP contribution >= 0.6 is 0 Å². The standard InChI is InChI=1S/C12H16FN/c13-12-5-2-9(3-6-12)1-4-10-7-11(10)8-14/h2-3,5-6,10-11H,1,4,7-8,14H2/t10-,11+/m1/s1. The van der Waals surface area contributed by atoms with Crippen LogP contribution in [0.25, 0.3) is 0 Å². The fourth-order valence-corrected chi connectivity index (χ4v) is 1.96. The number of hydrogen-bond donors (Lipinski definition) is 1. The summed E-state index contributed by atoms with van der Waals surface area (Å²) in [5.41, 5.74) is 6.79. The van der Waals surface area contributed by atoms with Gasteiger partial charge in [-0.1, -0.05) is 12.1 Å². The highest BCUT2D eigenvalue weighted by Gasteiger charge is 2.34. The van der Waals surface area contributed by atoms with Gasteiger partial charge in [0.1, 0.15) is 5.82 Å². The van der Waals surface area contributed by atoms with E-state index in [1.807, 2.05) is 12.1 Å². The zero-order chi connectivity index (χ0) is 9.97. The van der Waals surface area contributed by atoms with E-state index in [2.05, 4.69) is 0 Å². The Kier molecular flexibility index (Phi) is 2.82. The quantitative estimate of drug-likeness (QED) is 0.780. The summed E-state index contributed by atoms with van der Waals surface area (Å²) in [7, 11) is 0. The van der Waals surface area contributed by atoms with E-state index in [4.69, 9.17) is 5.73 Å². The summed E-state index contributed by atoms with van der Waals surface area (Å²) >= 11 is 0. The lowest BCUT2D eigenvalue weighted by atomic mass is 10.1. The maximum absolute atomic E-state index is 12.6. The molecule has 76 valence electrons. The van der Waals surface area contributed by atoms with Gasteiger partial charge in [-0.25, -0.2) is 4.39 Å². The number of rotatable bonds is 4. The molecule has 1 aliphatic carbocycles. The summed E-state index contributed by atoms with van der Waals surface area (Å²) in [5, 5.41) is 0. The Morgan fingerprint density at radius 1 is 1.21 bits per heavy atom. The zero-order valence-corrected chi connectivity index (χ0v) is 8.25. The van der Waals surface area contributed by atoms with Crippen LogP contribution in [0.3, 0.4) is 0 Å². The number of halogens is 1. The third-order valence-corrected chi connectivity index (χ3v) is 3.09. The summed E-state index contributed by atoms with van der Waals surface area (Å²) in [6, 6.07) is 6.80. The van der Waals surface area contributed by atoms with Crippen molar-refractivity contribution in [3.63, 3.8) is 0 Å². The highest BCUT2D eigenvalue weighted by Crippen LogP contribution is 2.40. The SMILES string of the molecule is NC[C@@H]1C[C@H]1CCc1ccc(F)cc1. The Balaban J connectivity index is 1.78. The van der Waals surface area contributed by atoms with Gasteiger partial charge in [-0.3, -0.25) is 0 Å². The van der Waals surface area contributed by atoms with E-state index in [0.717, 1.165) is 24.8 Å². The van der Waals surface area contributed by atoms with Crippen molar-refractivity contribution in [2.24, 2.45) is 17.6 Å². The lowest BCUT2D eigenvalue weighted by molar-refractivity contribution is 0.623. The zero-order valence-electron chi connectivity index (χ0n) is 8.25. The van der Waals surface area contributed by atoms with Crippen molar-refractivity contribution in [2.75, 3.05) is 6.54 Å². The first-order chi connectivity index (χ1) is 6.79. The molecule has 0 heterocycles. The molecular formula is C12H16FN. The first-order valence-electron chi connectivity index (χ1n) is 5.24. The Labute approximate surface area is 84.1 Å². The number of benzene rings is 1. The van der Waals surface area contributed by atoms with Gasteiger partial charge in [-0.05, 0) is 55.3 Å².